The van der Waals surface area contributed by atoms with Crippen molar-refractivity contribution in [3.8, 4) is 11.5 Å². The summed E-state index contributed by atoms with van der Waals surface area (Å²) in [4.78, 5) is 13.6. The van der Waals surface area contributed by atoms with Crippen LogP contribution in [0.2, 0.25) is 0 Å². The Morgan fingerprint density at radius 3 is 1.21 bits per heavy atom. The van der Waals surface area contributed by atoms with Crippen LogP contribution in [-0.4, -0.2) is 61.9 Å². The zero-order chi connectivity index (χ0) is 27.6. The minimum atomic E-state index is 0.254. The predicted octanol–water partition coefficient (Wildman–Crippen LogP) is 7.45. The van der Waals surface area contributed by atoms with Crippen molar-refractivity contribution in [2.45, 2.75) is 79.1 Å². The highest BCUT2D eigenvalue weighted by Gasteiger charge is 2.10. The van der Waals surface area contributed by atoms with Crippen molar-refractivity contribution >= 4 is 23.8 Å². The first-order valence-electron chi connectivity index (χ1n) is 14.7. The zero-order valence-electron chi connectivity index (χ0n) is 24.2. The van der Waals surface area contributed by atoms with Crippen molar-refractivity contribution < 1.29 is 10.2 Å². The van der Waals surface area contributed by atoms with Gasteiger partial charge in [0.2, 0.25) is 0 Å². The summed E-state index contributed by atoms with van der Waals surface area (Å²) < 4.78 is 0. The van der Waals surface area contributed by atoms with E-state index in [1.165, 1.54) is 0 Å². The summed E-state index contributed by atoms with van der Waals surface area (Å²) in [6, 6.07) is 11.7. The summed E-state index contributed by atoms with van der Waals surface area (Å²) in [6.07, 6.45) is 12.6. The molecule has 0 aliphatic rings. The number of benzene rings is 2. The highest BCUT2D eigenvalue weighted by Crippen LogP contribution is 2.26. The molecular formula is C32H50N4O2. The van der Waals surface area contributed by atoms with Crippen LogP contribution in [-0.2, 0) is 0 Å². The third-order valence-corrected chi connectivity index (χ3v) is 6.70. The number of aliphatic imine (C=N–C) groups is 2. The van der Waals surface area contributed by atoms with Gasteiger partial charge in [-0.2, -0.15) is 0 Å². The third-order valence-electron chi connectivity index (χ3n) is 6.70. The Morgan fingerprint density at radius 2 is 0.921 bits per heavy atom. The molecule has 0 atom stereocenters. The van der Waals surface area contributed by atoms with Gasteiger partial charge >= 0.3 is 0 Å². The number of rotatable bonds is 19. The number of anilines is 2. The molecule has 210 valence electrons. The SMILES string of the molecule is CCCCN(CCCC)c1ccc(C=NCCN=Cc2ccc(N(CCCC)CCCC)cc2O)c(O)c1. The second kappa shape index (κ2) is 18.3. The standard InChI is InChI=1S/C32H50N4O2/c1-5-9-19-35(20-10-6-2)29-15-13-27(31(37)23-29)25-33-17-18-34-26-28-14-16-30(24-32(28)38)36(21-11-7-3)22-12-8-4/h13-16,23-26,37-38H,5-12,17-22H2,1-4H3. The van der Waals surface area contributed by atoms with Crippen molar-refractivity contribution in [1.82, 2.24) is 0 Å². The van der Waals surface area contributed by atoms with Crippen molar-refractivity contribution in [2.75, 3.05) is 49.1 Å². The van der Waals surface area contributed by atoms with E-state index < -0.39 is 0 Å². The molecule has 0 unspecified atom stereocenters. The molecule has 0 heterocycles. The number of aromatic hydroxyl groups is 2. The van der Waals surface area contributed by atoms with Gasteiger partial charge in [0.15, 0.2) is 0 Å². The molecule has 2 aromatic carbocycles. The zero-order valence-corrected chi connectivity index (χ0v) is 24.2. The van der Waals surface area contributed by atoms with Crippen LogP contribution in [0, 0.1) is 0 Å². The summed E-state index contributed by atoms with van der Waals surface area (Å²) in [5.41, 5.74) is 3.56. The molecule has 6 heteroatoms. The van der Waals surface area contributed by atoms with Gasteiger partial charge in [-0.3, -0.25) is 9.98 Å². The van der Waals surface area contributed by atoms with Crippen LogP contribution in [0.4, 0.5) is 11.4 Å². The summed E-state index contributed by atoms with van der Waals surface area (Å²) in [6.45, 7) is 13.9. The first kappa shape index (κ1) is 31.2. The van der Waals surface area contributed by atoms with Gasteiger partial charge in [-0.1, -0.05) is 53.4 Å². The van der Waals surface area contributed by atoms with Gasteiger partial charge in [0.25, 0.3) is 0 Å². The van der Waals surface area contributed by atoms with E-state index in [4.69, 9.17) is 0 Å². The Balaban J connectivity index is 1.92. The molecule has 0 bridgehead atoms. The average molecular weight is 523 g/mol. The van der Waals surface area contributed by atoms with Crippen molar-refractivity contribution in [2.24, 2.45) is 9.98 Å². The van der Waals surface area contributed by atoms with Crippen LogP contribution < -0.4 is 9.80 Å². The number of phenolic OH excluding ortho intramolecular Hbond substituents is 2. The van der Waals surface area contributed by atoms with E-state index >= 15 is 0 Å². The normalized spacial score (nSPS) is 11.6. The van der Waals surface area contributed by atoms with Gasteiger partial charge in [-0.15, -0.1) is 0 Å². The Hall–Kier alpha value is -3.02. The van der Waals surface area contributed by atoms with Crippen LogP contribution in [0.1, 0.15) is 90.2 Å². The Morgan fingerprint density at radius 1 is 0.579 bits per heavy atom. The molecule has 0 aliphatic heterocycles. The maximum absolute atomic E-state index is 10.6. The van der Waals surface area contributed by atoms with E-state index in [1.54, 1.807) is 12.4 Å². The maximum Gasteiger partial charge on any atom is 0.126 e. The van der Waals surface area contributed by atoms with E-state index in [9.17, 15) is 10.2 Å². The molecule has 0 spiro atoms. The molecule has 6 nitrogen and oxygen atoms in total. The van der Waals surface area contributed by atoms with Crippen LogP contribution >= 0.6 is 0 Å². The largest absolute Gasteiger partial charge is 0.507 e. The monoisotopic (exact) mass is 522 g/mol. The fourth-order valence-corrected chi connectivity index (χ4v) is 4.25. The fraction of sp³-hybridized carbons (Fsp3) is 0.562. The number of unbranched alkanes of at least 4 members (excludes halogenated alkanes) is 4. The summed E-state index contributed by atoms with van der Waals surface area (Å²) >= 11 is 0. The molecule has 0 saturated carbocycles. The second-order valence-electron chi connectivity index (χ2n) is 9.95. The molecule has 0 aliphatic carbocycles. The molecule has 0 saturated heterocycles. The van der Waals surface area contributed by atoms with E-state index in [0.29, 0.717) is 24.2 Å². The molecule has 0 fully saturated rings. The van der Waals surface area contributed by atoms with Crippen LogP contribution in [0.3, 0.4) is 0 Å². The molecule has 2 rings (SSSR count). The smallest absolute Gasteiger partial charge is 0.126 e. The lowest BCUT2D eigenvalue weighted by Gasteiger charge is -2.25. The van der Waals surface area contributed by atoms with Gasteiger partial charge < -0.3 is 20.0 Å². The van der Waals surface area contributed by atoms with Crippen LogP contribution in [0.15, 0.2) is 46.4 Å². The van der Waals surface area contributed by atoms with Crippen LogP contribution in [0.5, 0.6) is 11.5 Å². The molecule has 0 aromatic heterocycles. The Bertz CT molecular complexity index is 894. The van der Waals surface area contributed by atoms with E-state index in [1.807, 2.05) is 24.3 Å². The lowest BCUT2D eigenvalue weighted by atomic mass is 10.1. The molecule has 2 N–H and O–H groups in total. The van der Waals surface area contributed by atoms with E-state index in [0.717, 1.165) is 88.9 Å². The number of phenols is 2. The minimum absolute atomic E-state index is 0.254. The summed E-state index contributed by atoms with van der Waals surface area (Å²) in [7, 11) is 0. The number of hydrogen-bond acceptors (Lipinski definition) is 6. The molecular weight excluding hydrogens is 472 g/mol. The average Bonchev–Trinajstić information content (AvgIpc) is 2.92. The third kappa shape index (κ3) is 10.8. The molecule has 0 radical (unpaired) electrons. The first-order chi connectivity index (χ1) is 18.5. The quantitative estimate of drug-likeness (QED) is 0.148. The molecule has 0 amide bonds. The highest BCUT2D eigenvalue weighted by atomic mass is 16.3. The number of hydrogen-bond donors (Lipinski definition) is 2. The Labute approximate surface area is 231 Å². The van der Waals surface area contributed by atoms with Crippen LogP contribution in [0.25, 0.3) is 0 Å². The van der Waals surface area contributed by atoms with Gasteiger partial charge in [0.1, 0.15) is 11.5 Å². The van der Waals surface area contributed by atoms with Gasteiger partial charge in [0, 0.05) is 73.2 Å². The summed E-state index contributed by atoms with van der Waals surface area (Å²) in [5.74, 6) is 0.509. The van der Waals surface area contributed by atoms with E-state index in [2.05, 4.69) is 59.6 Å². The maximum atomic E-state index is 10.6. The number of nitrogens with zero attached hydrogens (tertiary/aromatic N) is 4. The van der Waals surface area contributed by atoms with Gasteiger partial charge in [-0.25, -0.2) is 0 Å². The lowest BCUT2D eigenvalue weighted by molar-refractivity contribution is 0.473. The van der Waals surface area contributed by atoms with Crippen molar-refractivity contribution in [3.05, 3.63) is 47.5 Å². The van der Waals surface area contributed by atoms with Crippen molar-refractivity contribution in [3.63, 3.8) is 0 Å². The molecule has 38 heavy (non-hydrogen) atoms. The Kier molecular flexibility index (Phi) is 15.0. The second-order valence-corrected chi connectivity index (χ2v) is 9.95. The first-order valence-corrected chi connectivity index (χ1v) is 14.7. The predicted molar refractivity (Wildman–Crippen MR) is 165 cm³/mol. The van der Waals surface area contributed by atoms with Crippen molar-refractivity contribution in [1.29, 1.82) is 0 Å². The van der Waals surface area contributed by atoms with Gasteiger partial charge in [-0.05, 0) is 49.9 Å². The van der Waals surface area contributed by atoms with E-state index in [-0.39, 0.29) is 11.5 Å². The highest BCUT2D eigenvalue weighted by molar-refractivity contribution is 5.85. The fourth-order valence-electron chi connectivity index (χ4n) is 4.25. The lowest BCUT2D eigenvalue weighted by Crippen LogP contribution is -2.25. The minimum Gasteiger partial charge on any atom is -0.507 e. The summed E-state index contributed by atoms with van der Waals surface area (Å²) in [5, 5.41) is 21.1. The van der Waals surface area contributed by atoms with Gasteiger partial charge in [0.05, 0.1) is 13.1 Å². The topological polar surface area (TPSA) is 71.7 Å². The molecule has 2 aromatic rings.